The number of carbonyl (C=O) groups excluding carboxylic acids is 2. The molecule has 1 aromatic carbocycles. The maximum Gasteiger partial charge on any atom is 0.334 e. The molecule has 0 N–H and O–H groups in total. The Bertz CT molecular complexity index is 922. The first-order chi connectivity index (χ1) is 12.8. The van der Waals surface area contributed by atoms with Crippen LogP contribution in [0.4, 0.5) is 5.69 Å². The number of ketones is 1. The number of halogens is 1. The van der Waals surface area contributed by atoms with Crippen molar-refractivity contribution in [1.29, 1.82) is 0 Å². The highest BCUT2D eigenvalue weighted by molar-refractivity contribution is 6.30. The normalized spacial score (nSPS) is 23.7. The quantitative estimate of drug-likeness (QED) is 0.319. The molecule has 27 heavy (non-hydrogen) atoms. The van der Waals surface area contributed by atoms with Crippen molar-refractivity contribution < 1.29 is 23.8 Å². The van der Waals surface area contributed by atoms with Gasteiger partial charge in [-0.3, -0.25) is 19.7 Å². The molecule has 9 heteroatoms. The van der Waals surface area contributed by atoms with Gasteiger partial charge >= 0.3 is 11.7 Å². The van der Waals surface area contributed by atoms with Crippen LogP contribution in [-0.4, -0.2) is 28.4 Å². The highest BCUT2D eigenvalue weighted by Crippen LogP contribution is 2.72. The van der Waals surface area contributed by atoms with E-state index in [1.807, 2.05) is 0 Å². The van der Waals surface area contributed by atoms with Gasteiger partial charge in [0.05, 0.1) is 17.4 Å². The molecule has 142 valence electrons. The Kier molecular flexibility index (Phi) is 4.77. The molecule has 0 aliphatic heterocycles. The van der Waals surface area contributed by atoms with E-state index in [1.54, 1.807) is 31.2 Å². The number of hydrogen-bond acceptors (Lipinski definition) is 7. The minimum atomic E-state index is -1.60. The second-order valence-corrected chi connectivity index (χ2v) is 6.83. The number of hydrogen-bond donors (Lipinski definition) is 0. The number of carbonyl (C=O) groups is 2. The van der Waals surface area contributed by atoms with Gasteiger partial charge in [-0.05, 0) is 38.5 Å². The Labute approximate surface area is 159 Å². The van der Waals surface area contributed by atoms with Crippen molar-refractivity contribution in [2.75, 3.05) is 6.61 Å². The molecule has 3 atom stereocenters. The lowest BCUT2D eigenvalue weighted by molar-refractivity contribution is -0.386. The molecular formula is C18H17ClN2O6. The Balaban J connectivity index is 2.19. The number of esters is 1. The summed E-state index contributed by atoms with van der Waals surface area (Å²) >= 11 is 5.93. The van der Waals surface area contributed by atoms with Gasteiger partial charge in [0.2, 0.25) is 5.76 Å². The molecule has 0 bridgehead atoms. The molecule has 0 unspecified atom stereocenters. The molecule has 1 aliphatic rings. The zero-order chi connectivity index (χ0) is 19.9. The van der Waals surface area contributed by atoms with Gasteiger partial charge in [0.25, 0.3) is 0 Å². The zero-order valence-electron chi connectivity index (χ0n) is 14.9. The first kappa shape index (κ1) is 19.0. The van der Waals surface area contributed by atoms with Gasteiger partial charge in [0, 0.05) is 10.9 Å². The first-order valence-corrected chi connectivity index (χ1v) is 8.68. The van der Waals surface area contributed by atoms with Crippen LogP contribution >= 0.6 is 11.6 Å². The number of ether oxygens (including phenoxy) is 1. The number of rotatable bonds is 6. The van der Waals surface area contributed by atoms with E-state index in [0.717, 1.165) is 0 Å². The largest absolute Gasteiger partial charge is 0.465 e. The summed E-state index contributed by atoms with van der Waals surface area (Å²) in [6.45, 7) is 4.41. The highest BCUT2D eigenvalue weighted by atomic mass is 35.5. The Morgan fingerprint density at radius 3 is 2.48 bits per heavy atom. The van der Waals surface area contributed by atoms with Crippen LogP contribution in [0, 0.1) is 22.5 Å². The van der Waals surface area contributed by atoms with Gasteiger partial charge in [-0.2, -0.15) is 0 Å². The Hall–Kier alpha value is -2.74. The molecule has 0 saturated heterocycles. The number of nitro groups is 1. The van der Waals surface area contributed by atoms with Crippen molar-refractivity contribution in [3.63, 3.8) is 0 Å². The zero-order valence-corrected chi connectivity index (χ0v) is 15.6. The minimum Gasteiger partial charge on any atom is -0.465 e. The molecule has 3 rings (SSSR count). The van der Waals surface area contributed by atoms with Gasteiger partial charge < -0.3 is 9.26 Å². The lowest BCUT2D eigenvalue weighted by Gasteiger charge is -2.13. The van der Waals surface area contributed by atoms with Gasteiger partial charge in [-0.25, -0.2) is 0 Å². The van der Waals surface area contributed by atoms with Gasteiger partial charge in [-0.15, -0.1) is 0 Å². The van der Waals surface area contributed by atoms with Crippen molar-refractivity contribution in [3.05, 3.63) is 56.4 Å². The van der Waals surface area contributed by atoms with E-state index in [9.17, 15) is 19.7 Å². The van der Waals surface area contributed by atoms with Crippen LogP contribution in [0.3, 0.4) is 0 Å². The van der Waals surface area contributed by atoms with Crippen molar-refractivity contribution in [3.8, 4) is 0 Å². The third-order valence-electron chi connectivity index (χ3n) is 4.95. The SMILES string of the molecule is CCOC(=O)[C@]1(C(C)=O)[C@H](c2ccc(Cl)cc2)[C@H]1c1onc(C)c1[N+](=O)[O-]. The topological polar surface area (TPSA) is 113 Å². The Morgan fingerprint density at radius 2 is 1.96 bits per heavy atom. The third-order valence-corrected chi connectivity index (χ3v) is 5.20. The molecule has 1 fully saturated rings. The van der Waals surface area contributed by atoms with Crippen LogP contribution in [0.15, 0.2) is 28.8 Å². The van der Waals surface area contributed by atoms with Crippen molar-refractivity contribution >= 4 is 29.0 Å². The molecule has 1 aliphatic carbocycles. The average molecular weight is 393 g/mol. The monoisotopic (exact) mass is 392 g/mol. The molecular weight excluding hydrogens is 376 g/mol. The van der Waals surface area contributed by atoms with E-state index in [0.29, 0.717) is 10.6 Å². The molecule has 0 spiro atoms. The van der Waals surface area contributed by atoms with Crippen molar-refractivity contribution in [2.24, 2.45) is 5.41 Å². The van der Waals surface area contributed by atoms with Crippen LogP contribution < -0.4 is 0 Å². The summed E-state index contributed by atoms with van der Waals surface area (Å²) in [5, 5.41) is 15.6. The van der Waals surface area contributed by atoms with E-state index in [2.05, 4.69) is 5.16 Å². The van der Waals surface area contributed by atoms with E-state index < -0.39 is 33.9 Å². The Morgan fingerprint density at radius 1 is 1.33 bits per heavy atom. The standard InChI is InChI=1S/C18H17ClN2O6/c1-4-26-17(23)18(10(3)22)13(11-5-7-12(19)8-6-11)14(18)16-15(21(24)25)9(2)20-27-16/h5-8,13-14H,4H2,1-3H3/t13-,14+,18-/m1/s1. The van der Waals surface area contributed by atoms with Crippen LogP contribution in [-0.2, 0) is 14.3 Å². The van der Waals surface area contributed by atoms with Crippen LogP contribution in [0.25, 0.3) is 0 Å². The summed E-state index contributed by atoms with van der Waals surface area (Å²) in [7, 11) is 0. The number of Topliss-reactive ketones (excluding diaryl/α,β-unsaturated/α-hetero) is 1. The number of aromatic nitrogens is 1. The highest BCUT2D eigenvalue weighted by Gasteiger charge is 2.77. The summed E-state index contributed by atoms with van der Waals surface area (Å²) in [5.74, 6) is -2.82. The van der Waals surface area contributed by atoms with Crippen LogP contribution in [0.5, 0.6) is 0 Å². The molecule has 0 radical (unpaired) electrons. The van der Waals surface area contributed by atoms with Crippen LogP contribution in [0.2, 0.25) is 5.02 Å². The second kappa shape index (κ2) is 6.77. The second-order valence-electron chi connectivity index (χ2n) is 6.39. The molecule has 1 heterocycles. The maximum absolute atomic E-state index is 12.8. The summed E-state index contributed by atoms with van der Waals surface area (Å²) in [5.41, 5.74) is -1.21. The predicted molar refractivity (Wildman–Crippen MR) is 94.6 cm³/mol. The fraction of sp³-hybridized carbons (Fsp3) is 0.389. The van der Waals surface area contributed by atoms with Gasteiger partial charge in [0.1, 0.15) is 11.2 Å². The predicted octanol–water partition coefficient (Wildman–Crippen LogP) is 3.56. The van der Waals surface area contributed by atoms with Crippen molar-refractivity contribution in [1.82, 2.24) is 5.16 Å². The van der Waals surface area contributed by atoms with E-state index in [-0.39, 0.29) is 23.7 Å². The van der Waals surface area contributed by atoms with E-state index >= 15 is 0 Å². The van der Waals surface area contributed by atoms with Crippen LogP contribution in [0.1, 0.15) is 42.7 Å². The molecule has 1 aromatic heterocycles. The summed E-state index contributed by atoms with van der Waals surface area (Å²) < 4.78 is 10.4. The summed E-state index contributed by atoms with van der Waals surface area (Å²) in [6, 6.07) is 6.61. The fourth-order valence-corrected chi connectivity index (χ4v) is 3.89. The molecule has 2 aromatic rings. The molecule has 0 amide bonds. The number of aryl methyl sites for hydroxylation is 1. The molecule has 8 nitrogen and oxygen atoms in total. The summed E-state index contributed by atoms with van der Waals surface area (Å²) in [6.07, 6.45) is 0. The molecule has 1 saturated carbocycles. The average Bonchev–Trinajstić information content (AvgIpc) is 3.16. The van der Waals surface area contributed by atoms with Gasteiger partial charge in [-0.1, -0.05) is 28.9 Å². The first-order valence-electron chi connectivity index (χ1n) is 8.31. The smallest absolute Gasteiger partial charge is 0.334 e. The van der Waals surface area contributed by atoms with E-state index in [4.69, 9.17) is 20.9 Å². The maximum atomic E-state index is 12.8. The number of nitrogens with zero attached hydrogens (tertiary/aromatic N) is 2. The minimum absolute atomic E-state index is 0.0748. The third kappa shape index (κ3) is 2.80. The fourth-order valence-electron chi connectivity index (χ4n) is 3.77. The van der Waals surface area contributed by atoms with E-state index in [1.165, 1.54) is 13.8 Å². The lowest BCUT2D eigenvalue weighted by atomic mass is 9.94. The lowest BCUT2D eigenvalue weighted by Crippen LogP contribution is -2.29. The summed E-state index contributed by atoms with van der Waals surface area (Å²) in [4.78, 5) is 36.3. The number of benzene rings is 1. The van der Waals surface area contributed by atoms with Gasteiger partial charge in [0.15, 0.2) is 5.69 Å². The van der Waals surface area contributed by atoms with Crippen molar-refractivity contribution in [2.45, 2.75) is 32.6 Å².